The first-order valence-electron chi connectivity index (χ1n) is 8.34. The minimum absolute atomic E-state index is 0.106. The number of nitriles is 1. The Kier molecular flexibility index (Phi) is 5.57. The Balaban J connectivity index is 2.05. The number of thiazole rings is 1. The van der Waals surface area contributed by atoms with Crippen molar-refractivity contribution in [2.75, 3.05) is 14.2 Å². The number of rotatable bonds is 5. The molecule has 1 aliphatic carbocycles. The van der Waals surface area contributed by atoms with Gasteiger partial charge in [0, 0.05) is 16.5 Å². The highest BCUT2D eigenvalue weighted by molar-refractivity contribution is 7.11. The molecule has 1 heterocycles. The Morgan fingerprint density at radius 3 is 2.63 bits per heavy atom. The Labute approximate surface area is 161 Å². The van der Waals surface area contributed by atoms with Crippen LogP contribution < -0.4 is 9.47 Å². The summed E-state index contributed by atoms with van der Waals surface area (Å²) in [5.41, 5.74) is 2.62. The molecule has 1 unspecified atom stereocenters. The third kappa shape index (κ3) is 3.86. The van der Waals surface area contributed by atoms with Crippen molar-refractivity contribution in [3.05, 3.63) is 52.0 Å². The normalized spacial score (nSPS) is 16.6. The van der Waals surface area contributed by atoms with E-state index in [2.05, 4.69) is 35.1 Å². The molecule has 0 spiro atoms. The van der Waals surface area contributed by atoms with Crippen LogP contribution in [0.15, 0.2) is 40.7 Å². The zero-order chi connectivity index (χ0) is 19.4. The van der Waals surface area contributed by atoms with E-state index >= 15 is 0 Å². The van der Waals surface area contributed by atoms with Gasteiger partial charge in [0.2, 0.25) is 11.9 Å². The highest BCUT2D eigenvalue weighted by Gasteiger charge is 2.19. The fraction of sp³-hybridized carbons (Fsp3) is 0.250. The average Bonchev–Trinajstić information content (AvgIpc) is 3.16. The van der Waals surface area contributed by atoms with Crippen LogP contribution >= 0.6 is 11.3 Å². The molecule has 138 valence electrons. The SMILES string of the molecule is COc1cc(C(=NC#N)c2csc(C3=CC(C)CC=C3)n2)cc(OC)c1O. The number of allylic oxidation sites excluding steroid dienone is 4. The lowest BCUT2D eigenvalue weighted by Crippen LogP contribution is -2.05. The Hall–Kier alpha value is -3.11. The molecule has 27 heavy (non-hydrogen) atoms. The monoisotopic (exact) mass is 381 g/mol. The van der Waals surface area contributed by atoms with Gasteiger partial charge in [0.05, 0.1) is 14.2 Å². The van der Waals surface area contributed by atoms with Gasteiger partial charge < -0.3 is 14.6 Å². The van der Waals surface area contributed by atoms with Crippen LogP contribution in [0.5, 0.6) is 17.2 Å². The minimum atomic E-state index is -0.106. The van der Waals surface area contributed by atoms with Crippen LogP contribution in [0, 0.1) is 17.4 Å². The molecule has 1 atom stereocenters. The predicted octanol–water partition coefficient (Wildman–Crippen LogP) is 4.16. The number of methoxy groups -OCH3 is 2. The van der Waals surface area contributed by atoms with Crippen molar-refractivity contribution in [3.63, 3.8) is 0 Å². The second-order valence-electron chi connectivity index (χ2n) is 6.07. The van der Waals surface area contributed by atoms with Crippen molar-refractivity contribution in [1.82, 2.24) is 4.98 Å². The van der Waals surface area contributed by atoms with Crippen molar-refractivity contribution in [3.8, 4) is 23.4 Å². The summed E-state index contributed by atoms with van der Waals surface area (Å²) in [6.07, 6.45) is 9.25. The molecule has 0 saturated heterocycles. The Morgan fingerprint density at radius 1 is 1.33 bits per heavy atom. The lowest BCUT2D eigenvalue weighted by atomic mass is 9.98. The highest BCUT2D eigenvalue weighted by Crippen LogP contribution is 2.38. The first-order valence-corrected chi connectivity index (χ1v) is 9.22. The van der Waals surface area contributed by atoms with Crippen LogP contribution in [0.4, 0.5) is 0 Å². The molecule has 1 aromatic heterocycles. The van der Waals surface area contributed by atoms with Crippen molar-refractivity contribution in [2.24, 2.45) is 10.9 Å². The van der Waals surface area contributed by atoms with Crippen molar-refractivity contribution < 1.29 is 14.6 Å². The number of benzene rings is 1. The van der Waals surface area contributed by atoms with E-state index in [4.69, 9.17) is 14.7 Å². The number of phenolic OH excluding ortho intramolecular Hbond substituents is 1. The lowest BCUT2D eigenvalue weighted by Gasteiger charge is -2.11. The maximum Gasteiger partial charge on any atom is 0.206 e. The van der Waals surface area contributed by atoms with E-state index in [9.17, 15) is 5.11 Å². The summed E-state index contributed by atoms with van der Waals surface area (Å²) in [7, 11) is 2.90. The summed E-state index contributed by atoms with van der Waals surface area (Å²) in [5, 5.41) is 22.0. The summed E-state index contributed by atoms with van der Waals surface area (Å²) in [6.45, 7) is 2.16. The van der Waals surface area contributed by atoms with Gasteiger partial charge in [-0.3, -0.25) is 0 Å². The average molecular weight is 381 g/mol. The molecule has 7 heteroatoms. The predicted molar refractivity (Wildman–Crippen MR) is 105 cm³/mol. The molecule has 2 aromatic rings. The fourth-order valence-electron chi connectivity index (χ4n) is 2.85. The minimum Gasteiger partial charge on any atom is -0.502 e. The number of phenols is 1. The molecule has 0 fully saturated rings. The Bertz CT molecular complexity index is 958. The van der Waals surface area contributed by atoms with Crippen LogP contribution in [-0.4, -0.2) is 30.0 Å². The van der Waals surface area contributed by atoms with Crippen LogP contribution in [0.2, 0.25) is 0 Å². The molecule has 0 radical (unpaired) electrons. The number of nitrogens with zero attached hydrogens (tertiary/aromatic N) is 3. The van der Waals surface area contributed by atoms with Gasteiger partial charge in [-0.25, -0.2) is 4.98 Å². The maximum atomic E-state index is 10.1. The van der Waals surface area contributed by atoms with Gasteiger partial charge in [-0.05, 0) is 24.5 Å². The Morgan fingerprint density at radius 2 is 2.04 bits per heavy atom. The van der Waals surface area contributed by atoms with Gasteiger partial charge in [0.25, 0.3) is 0 Å². The van der Waals surface area contributed by atoms with E-state index in [1.807, 2.05) is 11.6 Å². The number of aromatic hydroxyl groups is 1. The van der Waals surface area contributed by atoms with Crippen molar-refractivity contribution in [1.29, 1.82) is 5.26 Å². The zero-order valence-corrected chi connectivity index (χ0v) is 16.1. The number of aromatic nitrogens is 1. The molecule has 1 N–H and O–H groups in total. The molecule has 1 aromatic carbocycles. The topological polar surface area (TPSA) is 87.7 Å². The van der Waals surface area contributed by atoms with Gasteiger partial charge in [-0.1, -0.05) is 25.2 Å². The number of ether oxygens (including phenoxy) is 2. The number of hydrogen-bond donors (Lipinski definition) is 1. The summed E-state index contributed by atoms with van der Waals surface area (Å²) in [5.74, 6) is 0.829. The second kappa shape index (κ2) is 8.06. The number of hydrogen-bond acceptors (Lipinski definition) is 7. The van der Waals surface area contributed by atoms with Crippen molar-refractivity contribution >= 4 is 22.6 Å². The van der Waals surface area contributed by atoms with E-state index < -0.39 is 0 Å². The molecular weight excluding hydrogens is 362 g/mol. The van der Waals surface area contributed by atoms with Crippen LogP contribution in [0.25, 0.3) is 5.57 Å². The summed E-state index contributed by atoms with van der Waals surface area (Å²) < 4.78 is 10.4. The van der Waals surface area contributed by atoms with E-state index in [1.54, 1.807) is 12.1 Å². The molecular formula is C20H19N3O3S. The van der Waals surface area contributed by atoms with Crippen molar-refractivity contribution in [2.45, 2.75) is 13.3 Å². The van der Waals surface area contributed by atoms with Crippen LogP contribution in [-0.2, 0) is 0 Å². The quantitative estimate of drug-likeness (QED) is 0.620. The maximum absolute atomic E-state index is 10.1. The standard InChI is InChI=1S/C20H19N3O3S/c1-12-5-4-6-13(7-12)20-23-15(10-27-20)18(22-11-21)14-8-16(25-2)19(24)17(9-14)26-3/h4,6-10,12,24H,5H2,1-3H3. The van der Waals surface area contributed by atoms with E-state index in [-0.39, 0.29) is 17.2 Å². The molecule has 0 bridgehead atoms. The van der Waals surface area contributed by atoms with Crippen LogP contribution in [0.3, 0.4) is 0 Å². The second-order valence-corrected chi connectivity index (χ2v) is 6.92. The lowest BCUT2D eigenvalue weighted by molar-refractivity contribution is 0.340. The van der Waals surface area contributed by atoms with Gasteiger partial charge in [0.15, 0.2) is 11.5 Å². The van der Waals surface area contributed by atoms with Gasteiger partial charge in [-0.2, -0.15) is 10.3 Å². The highest BCUT2D eigenvalue weighted by atomic mass is 32.1. The molecule has 1 aliphatic rings. The smallest absolute Gasteiger partial charge is 0.206 e. The van der Waals surface area contributed by atoms with E-state index in [0.29, 0.717) is 22.9 Å². The summed E-state index contributed by atoms with van der Waals surface area (Å²) in [4.78, 5) is 8.62. The molecule has 0 saturated carbocycles. The third-order valence-electron chi connectivity index (χ3n) is 4.18. The third-order valence-corrected chi connectivity index (χ3v) is 5.07. The number of aliphatic imine (C=N–C) groups is 1. The molecule has 0 amide bonds. The summed E-state index contributed by atoms with van der Waals surface area (Å²) >= 11 is 1.50. The summed E-state index contributed by atoms with van der Waals surface area (Å²) in [6, 6.07) is 3.21. The largest absolute Gasteiger partial charge is 0.502 e. The van der Waals surface area contributed by atoms with E-state index in [0.717, 1.165) is 17.0 Å². The fourth-order valence-corrected chi connectivity index (χ4v) is 3.66. The van der Waals surface area contributed by atoms with Gasteiger partial charge in [-0.15, -0.1) is 11.3 Å². The van der Waals surface area contributed by atoms with Gasteiger partial charge in [0.1, 0.15) is 16.4 Å². The molecule has 3 rings (SSSR count). The molecule has 0 aliphatic heterocycles. The first-order chi connectivity index (χ1) is 13.1. The molecule has 6 nitrogen and oxygen atoms in total. The van der Waals surface area contributed by atoms with Crippen LogP contribution in [0.1, 0.15) is 29.6 Å². The first kappa shape index (κ1) is 18.7. The zero-order valence-electron chi connectivity index (χ0n) is 15.3. The van der Waals surface area contributed by atoms with E-state index in [1.165, 1.54) is 25.6 Å². The van der Waals surface area contributed by atoms with Gasteiger partial charge >= 0.3 is 0 Å².